The summed E-state index contributed by atoms with van der Waals surface area (Å²) >= 11 is 0. The highest BCUT2D eigenvalue weighted by molar-refractivity contribution is 6.25. The van der Waals surface area contributed by atoms with Crippen LogP contribution in [-0.4, -0.2) is 52.4 Å². The third kappa shape index (κ3) is 4.37. The van der Waals surface area contributed by atoms with Crippen molar-refractivity contribution in [3.05, 3.63) is 96.1 Å². The molecule has 0 aromatic heterocycles. The highest BCUT2D eigenvalue weighted by Crippen LogP contribution is 2.56. The first-order chi connectivity index (χ1) is 21.2. The number of phenols is 1. The number of imide groups is 1. The van der Waals surface area contributed by atoms with E-state index in [0.717, 1.165) is 17.0 Å². The number of aryl methyl sites for hydroxylation is 1. The maximum absolute atomic E-state index is 14.2. The van der Waals surface area contributed by atoms with Gasteiger partial charge in [-0.15, -0.1) is 0 Å². The molecule has 13 heteroatoms. The van der Waals surface area contributed by atoms with Crippen LogP contribution in [-0.2, 0) is 19.2 Å². The Kier molecular flexibility index (Phi) is 6.79. The van der Waals surface area contributed by atoms with Crippen molar-refractivity contribution >= 4 is 46.1 Å². The van der Waals surface area contributed by atoms with Gasteiger partial charge in [0.2, 0.25) is 11.8 Å². The molecule has 45 heavy (non-hydrogen) atoms. The molecule has 1 fully saturated rings. The van der Waals surface area contributed by atoms with E-state index in [1.807, 2.05) is 6.08 Å². The van der Waals surface area contributed by atoms with Crippen molar-refractivity contribution in [3.8, 4) is 5.75 Å². The fraction of sp³-hybridized carbons (Fsp3) is 0.312. The van der Waals surface area contributed by atoms with Gasteiger partial charge in [-0.25, -0.2) is 4.90 Å². The van der Waals surface area contributed by atoms with Gasteiger partial charge in [-0.3, -0.25) is 39.4 Å². The summed E-state index contributed by atoms with van der Waals surface area (Å²) in [5.41, 5.74) is 0.899. The lowest BCUT2D eigenvalue weighted by atomic mass is 9.59. The Hall–Kier alpha value is -5.46. The monoisotopic (exact) mass is 612 g/mol. The predicted molar refractivity (Wildman–Crippen MR) is 161 cm³/mol. The summed E-state index contributed by atoms with van der Waals surface area (Å²) in [5.74, 6) is -5.18. The number of phenolic OH excluding ortho intramolecular Hbond substituents is 1. The number of nitrogens with zero attached hydrogens (tertiary/aromatic N) is 4. The summed E-state index contributed by atoms with van der Waals surface area (Å²) < 4.78 is 0. The lowest BCUT2D eigenvalue weighted by Crippen LogP contribution is -2.39. The van der Waals surface area contributed by atoms with Crippen molar-refractivity contribution in [1.29, 1.82) is 0 Å². The average Bonchev–Trinajstić information content (AvgIpc) is 3.24. The van der Waals surface area contributed by atoms with E-state index >= 15 is 0 Å². The average molecular weight is 613 g/mol. The van der Waals surface area contributed by atoms with Crippen LogP contribution >= 0.6 is 0 Å². The molecule has 1 N–H and O–H groups in total. The number of hydrogen-bond acceptors (Lipinski definition) is 10. The summed E-state index contributed by atoms with van der Waals surface area (Å²) in [6.07, 6.45) is 3.23. The molecule has 1 aliphatic heterocycles. The molecule has 2 amide bonds. The van der Waals surface area contributed by atoms with Crippen molar-refractivity contribution in [1.82, 2.24) is 0 Å². The summed E-state index contributed by atoms with van der Waals surface area (Å²) in [5, 5.41) is 34.1. The smallest absolute Gasteiger partial charge is 0.301 e. The quantitative estimate of drug-likeness (QED) is 0.169. The number of allylic oxidation sites excluding steroid dienone is 6. The Morgan fingerprint density at radius 1 is 0.933 bits per heavy atom. The Morgan fingerprint density at radius 3 is 2.16 bits per heavy atom. The van der Waals surface area contributed by atoms with Gasteiger partial charge in [0.05, 0.1) is 27.4 Å². The molecule has 0 unspecified atom stereocenters. The van der Waals surface area contributed by atoms with Crippen molar-refractivity contribution in [2.45, 2.75) is 32.6 Å². The van der Waals surface area contributed by atoms with Gasteiger partial charge < -0.3 is 10.0 Å². The van der Waals surface area contributed by atoms with Crippen LogP contribution in [0.15, 0.2) is 64.8 Å². The predicted octanol–water partition coefficient (Wildman–Crippen LogP) is 4.22. The zero-order chi connectivity index (χ0) is 32.6. The summed E-state index contributed by atoms with van der Waals surface area (Å²) in [7, 11) is 2.82. The Bertz CT molecular complexity index is 1850. The van der Waals surface area contributed by atoms with Crippen LogP contribution in [0.25, 0.3) is 0 Å². The second kappa shape index (κ2) is 10.3. The lowest BCUT2D eigenvalue weighted by Gasteiger charge is -2.42. The van der Waals surface area contributed by atoms with Crippen LogP contribution in [0.2, 0.25) is 0 Å². The number of rotatable bonds is 5. The van der Waals surface area contributed by atoms with Gasteiger partial charge in [0.15, 0.2) is 17.3 Å². The van der Waals surface area contributed by atoms with Gasteiger partial charge >= 0.3 is 11.4 Å². The molecule has 1 saturated heterocycles. The van der Waals surface area contributed by atoms with E-state index in [4.69, 9.17) is 0 Å². The largest absolute Gasteiger partial charge is 0.508 e. The van der Waals surface area contributed by atoms with Gasteiger partial charge in [0.1, 0.15) is 5.75 Å². The molecule has 4 atom stereocenters. The van der Waals surface area contributed by atoms with Gasteiger partial charge in [-0.05, 0) is 55.9 Å². The molecule has 4 aliphatic rings. The van der Waals surface area contributed by atoms with Gasteiger partial charge in [-0.2, -0.15) is 0 Å². The molecule has 1 heterocycles. The number of Topliss-reactive ketones (excluding diaryl/α,β-unsaturated/α-hetero) is 1. The van der Waals surface area contributed by atoms with Crippen LogP contribution in [0.1, 0.15) is 36.8 Å². The molecule has 0 bridgehead atoms. The van der Waals surface area contributed by atoms with Crippen LogP contribution < -0.4 is 9.80 Å². The first-order valence-electron chi connectivity index (χ1n) is 14.2. The number of carbonyl (C=O) groups is 4. The lowest BCUT2D eigenvalue weighted by molar-refractivity contribution is -0.392. The molecule has 0 spiro atoms. The molecule has 6 rings (SSSR count). The van der Waals surface area contributed by atoms with Gasteiger partial charge in [0, 0.05) is 48.9 Å². The first-order valence-corrected chi connectivity index (χ1v) is 14.2. The van der Waals surface area contributed by atoms with E-state index in [9.17, 15) is 44.5 Å². The number of anilines is 2. The second-order valence-electron chi connectivity index (χ2n) is 12.0. The van der Waals surface area contributed by atoms with Crippen LogP contribution in [0.4, 0.5) is 22.7 Å². The molecule has 2 aromatic rings. The summed E-state index contributed by atoms with van der Waals surface area (Å²) in [6.45, 7) is 3.27. The Morgan fingerprint density at radius 2 is 1.58 bits per heavy atom. The second-order valence-corrected chi connectivity index (χ2v) is 12.0. The standard InChI is InChI=1S/C32H28N4O9/c1-14-9-16(5-8-24(14)37)26-18-6-7-19-27(20(18)13-21-25(38)10-15(2)30(39)28(21)26)32(41)34(31(19)40)17-11-22(35(42)43)29(33(3)4)23(12-17)36(44)45/h5-6,8-12,19-20,26-27,37H,7,13H2,1-4H3/t19-,20+,26-,27-/m0/s1. The summed E-state index contributed by atoms with van der Waals surface area (Å²) in [4.78, 5) is 79.3. The molecular weight excluding hydrogens is 584 g/mol. The zero-order valence-corrected chi connectivity index (χ0v) is 24.8. The van der Waals surface area contributed by atoms with Crippen molar-refractivity contribution in [2.24, 2.45) is 17.8 Å². The first kappa shape index (κ1) is 29.6. The molecule has 0 saturated carbocycles. The van der Waals surface area contributed by atoms with E-state index in [-0.39, 0.29) is 52.7 Å². The van der Waals surface area contributed by atoms with E-state index in [0.29, 0.717) is 22.3 Å². The van der Waals surface area contributed by atoms with E-state index in [1.54, 1.807) is 26.0 Å². The molecule has 0 radical (unpaired) electrons. The maximum atomic E-state index is 14.2. The third-order valence-electron chi connectivity index (χ3n) is 9.27. The fourth-order valence-corrected chi connectivity index (χ4v) is 7.31. The van der Waals surface area contributed by atoms with E-state index in [2.05, 4.69) is 0 Å². The molecule has 2 aromatic carbocycles. The number of aromatic hydroxyl groups is 1. The number of benzene rings is 2. The minimum atomic E-state index is -0.978. The number of hydrogen-bond donors (Lipinski definition) is 1. The topological polar surface area (TPSA) is 181 Å². The van der Waals surface area contributed by atoms with Crippen molar-refractivity contribution < 1.29 is 34.1 Å². The number of amides is 2. The highest BCUT2D eigenvalue weighted by Gasteiger charge is 2.57. The fourth-order valence-electron chi connectivity index (χ4n) is 7.31. The molecule has 230 valence electrons. The molecule has 13 nitrogen and oxygen atoms in total. The van der Waals surface area contributed by atoms with Gasteiger partial charge in [0.25, 0.3) is 0 Å². The number of nitro groups is 2. The minimum Gasteiger partial charge on any atom is -0.508 e. The SMILES string of the molecule is CC1=CC(=O)C2=C(C1=O)[C@@H](c1ccc(O)c(C)c1)C1=CC[C@@H]3C(=O)N(c4cc([N+](=O)[O-])c(N(C)C)c([N+](=O)[O-])c4)C(=O)[C@@H]3[C@@H]1C2. The molecule has 3 aliphatic carbocycles. The number of nitro benzene ring substituents is 2. The van der Waals surface area contributed by atoms with Crippen LogP contribution in [0, 0.1) is 44.9 Å². The van der Waals surface area contributed by atoms with Crippen LogP contribution in [0.5, 0.6) is 5.75 Å². The number of ketones is 2. The highest BCUT2D eigenvalue weighted by atomic mass is 16.6. The third-order valence-corrected chi connectivity index (χ3v) is 9.27. The summed E-state index contributed by atoms with van der Waals surface area (Å²) in [6, 6.07) is 6.87. The Labute approximate surface area is 256 Å². The Balaban J connectivity index is 1.49. The minimum absolute atomic E-state index is 0.0248. The van der Waals surface area contributed by atoms with E-state index < -0.39 is 56.7 Å². The zero-order valence-electron chi connectivity index (χ0n) is 24.8. The van der Waals surface area contributed by atoms with E-state index in [1.165, 1.54) is 31.1 Å². The number of fused-ring (bicyclic) bond motifs is 3. The maximum Gasteiger partial charge on any atom is 0.301 e. The normalized spacial score (nSPS) is 24.1. The van der Waals surface area contributed by atoms with Crippen molar-refractivity contribution in [3.63, 3.8) is 0 Å². The van der Waals surface area contributed by atoms with Crippen LogP contribution in [0.3, 0.4) is 0 Å². The van der Waals surface area contributed by atoms with Gasteiger partial charge in [-0.1, -0.05) is 23.8 Å². The van der Waals surface area contributed by atoms with Crippen molar-refractivity contribution in [2.75, 3.05) is 23.9 Å². The number of carbonyl (C=O) groups excluding carboxylic acids is 4. The molecular formula is C32H28N4O9.